The molecule has 0 bridgehead atoms. The summed E-state index contributed by atoms with van der Waals surface area (Å²) in [7, 11) is 0. The Morgan fingerprint density at radius 1 is 1.30 bits per heavy atom. The number of allylic oxidation sites excluding steroid dienone is 1. The lowest BCUT2D eigenvalue weighted by molar-refractivity contribution is 0.0409. The first-order chi connectivity index (χ1) is 11.2. The highest BCUT2D eigenvalue weighted by molar-refractivity contribution is 5.90. The summed E-state index contributed by atoms with van der Waals surface area (Å²) in [4.78, 5) is 2.68. The molecule has 3 aliphatic heterocycles. The number of hydrogen-bond acceptors (Lipinski definition) is 2. The van der Waals surface area contributed by atoms with Crippen LogP contribution in [0.25, 0.3) is 16.6 Å². The van der Waals surface area contributed by atoms with Crippen molar-refractivity contribution in [2.75, 3.05) is 13.1 Å². The zero-order valence-electron chi connectivity index (χ0n) is 13.5. The molecule has 0 spiro atoms. The number of aromatic nitrogens is 1. The van der Waals surface area contributed by atoms with Gasteiger partial charge in [0.25, 0.3) is 0 Å². The molecular weight excluding hydrogens is 282 g/mol. The third kappa shape index (κ3) is 1.62. The molecule has 3 nitrogen and oxygen atoms in total. The Morgan fingerprint density at radius 3 is 3.04 bits per heavy atom. The highest BCUT2D eigenvalue weighted by Gasteiger charge is 2.48. The average Bonchev–Trinajstić information content (AvgIpc) is 2.89. The third-order valence-corrected chi connectivity index (χ3v) is 6.12. The Morgan fingerprint density at radius 2 is 2.17 bits per heavy atom. The normalized spacial score (nSPS) is 29.0. The topological polar surface area (TPSA) is 32.0 Å². The van der Waals surface area contributed by atoms with Crippen LogP contribution in [0.1, 0.15) is 43.5 Å². The van der Waals surface area contributed by atoms with E-state index in [1.165, 1.54) is 53.8 Å². The van der Waals surface area contributed by atoms with Gasteiger partial charge in [0.2, 0.25) is 0 Å². The van der Waals surface area contributed by atoms with Gasteiger partial charge in [-0.15, -0.1) is 0 Å². The number of benzene rings is 1. The summed E-state index contributed by atoms with van der Waals surface area (Å²) in [5.41, 5.74) is 5.65. The molecule has 3 aliphatic rings. The van der Waals surface area contributed by atoms with E-state index in [-0.39, 0.29) is 5.41 Å². The SMILES string of the molecule is C[C@@]12C=C(CC#N)n3c4c(c5ccccc53)CCN(CCC1)[C@H]42. The quantitative estimate of drug-likeness (QED) is 0.794. The molecule has 1 aromatic carbocycles. The van der Waals surface area contributed by atoms with Crippen molar-refractivity contribution < 1.29 is 0 Å². The van der Waals surface area contributed by atoms with Crippen molar-refractivity contribution in [2.45, 2.75) is 38.6 Å². The van der Waals surface area contributed by atoms with Crippen LogP contribution in [0.4, 0.5) is 0 Å². The summed E-state index contributed by atoms with van der Waals surface area (Å²) < 4.78 is 2.41. The van der Waals surface area contributed by atoms with Crippen LogP contribution in [0.5, 0.6) is 0 Å². The summed E-state index contributed by atoms with van der Waals surface area (Å²) >= 11 is 0. The first kappa shape index (κ1) is 13.4. The molecule has 2 atom stereocenters. The van der Waals surface area contributed by atoms with Crippen LogP contribution in [-0.4, -0.2) is 22.6 Å². The standard InChI is InChI=1S/C20H21N3/c1-20-9-4-11-22-12-8-16-15-5-2-3-6-17(15)23(18(16)19(20)22)14(13-20)7-10-21/h2-3,5-6,13,19H,4,7-9,11-12H2,1H3/t19-,20+/m1/s1. The molecule has 0 radical (unpaired) electrons. The summed E-state index contributed by atoms with van der Waals surface area (Å²) in [5, 5.41) is 10.7. The molecule has 1 aromatic heterocycles. The van der Waals surface area contributed by atoms with Crippen LogP contribution in [0.15, 0.2) is 30.3 Å². The fraction of sp³-hybridized carbons (Fsp3) is 0.450. The fourth-order valence-electron chi connectivity index (χ4n) is 5.32. The maximum Gasteiger partial charge on any atom is 0.0755 e. The lowest BCUT2D eigenvalue weighted by Crippen LogP contribution is -2.49. The van der Waals surface area contributed by atoms with E-state index in [2.05, 4.69) is 52.8 Å². The molecule has 0 unspecified atom stereocenters. The number of nitrogens with zero attached hydrogens (tertiary/aromatic N) is 3. The predicted molar refractivity (Wildman–Crippen MR) is 91.8 cm³/mol. The molecule has 0 N–H and O–H groups in total. The van der Waals surface area contributed by atoms with Gasteiger partial charge in [-0.05, 0) is 37.4 Å². The Hall–Kier alpha value is -2.05. The minimum absolute atomic E-state index is 0.171. The Balaban J connectivity index is 1.89. The predicted octanol–water partition coefficient (Wildman–Crippen LogP) is 4.11. The Labute approximate surface area is 136 Å². The van der Waals surface area contributed by atoms with Gasteiger partial charge in [-0.25, -0.2) is 0 Å². The zero-order valence-corrected chi connectivity index (χ0v) is 13.5. The summed E-state index contributed by atoms with van der Waals surface area (Å²) in [6.07, 6.45) is 6.53. The minimum atomic E-state index is 0.171. The Bertz CT molecular complexity index is 882. The molecule has 4 heterocycles. The van der Waals surface area contributed by atoms with Gasteiger partial charge in [0, 0.05) is 28.7 Å². The lowest BCUT2D eigenvalue weighted by Gasteiger charge is -2.52. The number of para-hydroxylation sites is 1. The highest BCUT2D eigenvalue weighted by atomic mass is 15.2. The zero-order chi connectivity index (χ0) is 15.6. The molecule has 116 valence electrons. The highest BCUT2D eigenvalue weighted by Crippen LogP contribution is 2.55. The van der Waals surface area contributed by atoms with Crippen molar-refractivity contribution in [3.63, 3.8) is 0 Å². The lowest BCUT2D eigenvalue weighted by atomic mass is 9.69. The van der Waals surface area contributed by atoms with Crippen LogP contribution in [-0.2, 0) is 6.42 Å². The molecule has 0 saturated carbocycles. The van der Waals surface area contributed by atoms with Crippen LogP contribution in [0.2, 0.25) is 0 Å². The van der Waals surface area contributed by atoms with Crippen LogP contribution in [0.3, 0.4) is 0 Å². The summed E-state index contributed by atoms with van der Waals surface area (Å²) in [5.74, 6) is 0. The van der Waals surface area contributed by atoms with Gasteiger partial charge in [-0.3, -0.25) is 4.90 Å². The molecule has 0 aliphatic carbocycles. The van der Waals surface area contributed by atoms with Gasteiger partial charge in [0.15, 0.2) is 0 Å². The van der Waals surface area contributed by atoms with Crippen LogP contribution >= 0.6 is 0 Å². The summed E-state index contributed by atoms with van der Waals surface area (Å²) in [6.45, 7) is 4.78. The van der Waals surface area contributed by atoms with E-state index >= 15 is 0 Å². The summed E-state index contributed by atoms with van der Waals surface area (Å²) in [6, 6.07) is 11.6. The number of piperidine rings is 1. The maximum atomic E-state index is 9.35. The first-order valence-electron chi connectivity index (χ1n) is 8.68. The minimum Gasteiger partial charge on any atom is -0.315 e. The molecule has 5 rings (SSSR count). The van der Waals surface area contributed by atoms with Crippen LogP contribution in [0, 0.1) is 16.7 Å². The van der Waals surface area contributed by atoms with Gasteiger partial charge in [0.1, 0.15) is 0 Å². The van der Waals surface area contributed by atoms with Crippen molar-refractivity contribution in [3.8, 4) is 6.07 Å². The molecule has 0 amide bonds. The van der Waals surface area contributed by atoms with Gasteiger partial charge in [-0.1, -0.05) is 31.2 Å². The second-order valence-electron chi connectivity index (χ2n) is 7.48. The Kier molecular flexibility index (Phi) is 2.61. The van der Waals surface area contributed by atoms with Gasteiger partial charge in [0.05, 0.1) is 24.0 Å². The van der Waals surface area contributed by atoms with Gasteiger partial charge < -0.3 is 4.57 Å². The largest absolute Gasteiger partial charge is 0.315 e. The van der Waals surface area contributed by atoms with E-state index in [4.69, 9.17) is 0 Å². The molecule has 2 aromatic rings. The number of rotatable bonds is 1. The van der Waals surface area contributed by atoms with Crippen LogP contribution < -0.4 is 0 Å². The van der Waals surface area contributed by atoms with Crippen molar-refractivity contribution in [1.29, 1.82) is 5.26 Å². The van der Waals surface area contributed by atoms with E-state index in [1.54, 1.807) is 0 Å². The van der Waals surface area contributed by atoms with E-state index in [0.717, 1.165) is 6.42 Å². The monoisotopic (exact) mass is 303 g/mol. The van der Waals surface area contributed by atoms with Gasteiger partial charge >= 0.3 is 0 Å². The van der Waals surface area contributed by atoms with E-state index in [9.17, 15) is 5.26 Å². The fourth-order valence-corrected chi connectivity index (χ4v) is 5.32. The molecule has 1 saturated heterocycles. The molecule has 23 heavy (non-hydrogen) atoms. The number of fused-ring (bicyclic) bond motifs is 3. The number of hydrogen-bond donors (Lipinski definition) is 0. The molecular formula is C20H21N3. The van der Waals surface area contributed by atoms with Crippen molar-refractivity contribution >= 4 is 16.6 Å². The maximum absolute atomic E-state index is 9.35. The van der Waals surface area contributed by atoms with Crippen molar-refractivity contribution in [3.05, 3.63) is 41.6 Å². The first-order valence-corrected chi connectivity index (χ1v) is 8.68. The molecule has 3 heteroatoms. The van der Waals surface area contributed by atoms with E-state index in [1.807, 2.05) is 0 Å². The van der Waals surface area contributed by atoms with E-state index < -0.39 is 0 Å². The number of nitriles is 1. The molecule has 1 fully saturated rings. The average molecular weight is 303 g/mol. The second kappa shape index (κ2) is 4.49. The smallest absolute Gasteiger partial charge is 0.0755 e. The van der Waals surface area contributed by atoms with Gasteiger partial charge in [-0.2, -0.15) is 5.26 Å². The third-order valence-electron chi connectivity index (χ3n) is 6.12. The second-order valence-corrected chi connectivity index (χ2v) is 7.48. The van der Waals surface area contributed by atoms with Crippen molar-refractivity contribution in [1.82, 2.24) is 9.47 Å². The van der Waals surface area contributed by atoms with Crippen molar-refractivity contribution in [2.24, 2.45) is 5.41 Å². The van der Waals surface area contributed by atoms with E-state index in [0.29, 0.717) is 12.5 Å².